The highest BCUT2D eigenvalue weighted by atomic mass is 32.2. The fraction of sp³-hybridized carbons (Fsp3) is 0.350. The average Bonchev–Trinajstić information content (AvgIpc) is 3.38. The lowest BCUT2D eigenvalue weighted by atomic mass is 10.0. The van der Waals surface area contributed by atoms with Crippen LogP contribution in [0.1, 0.15) is 13.3 Å². The molecule has 0 aliphatic carbocycles. The lowest BCUT2D eigenvalue weighted by Gasteiger charge is -2.18. The van der Waals surface area contributed by atoms with Crippen LogP contribution in [0.5, 0.6) is 5.75 Å². The summed E-state index contributed by atoms with van der Waals surface area (Å²) < 4.78 is 39.7. The van der Waals surface area contributed by atoms with Gasteiger partial charge in [-0.1, -0.05) is 0 Å². The van der Waals surface area contributed by atoms with Crippen LogP contribution in [0.4, 0.5) is 5.69 Å². The van der Waals surface area contributed by atoms with Crippen LogP contribution in [0.2, 0.25) is 0 Å². The Balaban J connectivity index is 1.88. The number of hydrogen-bond donors (Lipinski definition) is 2. The smallest absolute Gasteiger partial charge is 0.259 e. The molecule has 1 aliphatic rings. The van der Waals surface area contributed by atoms with Gasteiger partial charge in [0.25, 0.3) is 5.56 Å². The third-order valence-corrected chi connectivity index (χ3v) is 6.30. The van der Waals surface area contributed by atoms with E-state index in [1.807, 2.05) is 0 Å². The maximum absolute atomic E-state index is 12.4. The number of aromatic amines is 1. The predicted molar refractivity (Wildman–Crippen MR) is 112 cm³/mol. The molecule has 8 nitrogen and oxygen atoms in total. The van der Waals surface area contributed by atoms with Crippen LogP contribution in [0, 0.1) is 0 Å². The van der Waals surface area contributed by atoms with E-state index in [-0.39, 0.29) is 17.4 Å². The zero-order chi connectivity index (χ0) is 20.6. The van der Waals surface area contributed by atoms with E-state index in [1.54, 1.807) is 50.6 Å². The van der Waals surface area contributed by atoms with E-state index < -0.39 is 10.0 Å². The van der Waals surface area contributed by atoms with Gasteiger partial charge in [0.2, 0.25) is 10.0 Å². The topological polar surface area (TPSA) is 102 Å². The molecule has 0 amide bonds. The van der Waals surface area contributed by atoms with Gasteiger partial charge in [-0.15, -0.1) is 0 Å². The maximum Gasteiger partial charge on any atom is 0.259 e. The molecule has 0 spiro atoms. The Labute approximate surface area is 168 Å². The molecule has 1 saturated heterocycles. The maximum atomic E-state index is 12.4. The molecule has 3 aromatic rings. The molecule has 4 rings (SSSR count). The number of nitrogens with one attached hydrogen (secondary N) is 2. The highest BCUT2D eigenvalue weighted by Gasteiger charge is 2.21. The molecular formula is C20H23N3O5S. The highest BCUT2D eigenvalue weighted by molar-refractivity contribution is 7.92. The number of aryl methyl sites for hydroxylation is 1. The highest BCUT2D eigenvalue weighted by Crippen LogP contribution is 2.37. The van der Waals surface area contributed by atoms with E-state index in [0.29, 0.717) is 41.1 Å². The summed E-state index contributed by atoms with van der Waals surface area (Å²) in [6, 6.07) is 6.89. The Morgan fingerprint density at radius 3 is 2.86 bits per heavy atom. The van der Waals surface area contributed by atoms with Crippen LogP contribution in [-0.2, 0) is 21.8 Å². The second-order valence-corrected chi connectivity index (χ2v) is 9.06. The van der Waals surface area contributed by atoms with Gasteiger partial charge in [0.15, 0.2) is 0 Å². The second kappa shape index (κ2) is 7.57. The minimum atomic E-state index is -3.43. The minimum Gasteiger partial charge on any atom is -0.487 e. The van der Waals surface area contributed by atoms with Gasteiger partial charge in [-0.05, 0) is 31.2 Å². The molecule has 9 heteroatoms. The van der Waals surface area contributed by atoms with E-state index >= 15 is 0 Å². The molecule has 0 radical (unpaired) electrons. The van der Waals surface area contributed by atoms with Crippen molar-refractivity contribution in [2.24, 2.45) is 7.05 Å². The fourth-order valence-electron chi connectivity index (χ4n) is 3.43. The number of nitrogens with zero attached hydrogens (tertiary/aromatic N) is 1. The van der Waals surface area contributed by atoms with Gasteiger partial charge >= 0.3 is 0 Å². The third kappa shape index (κ3) is 3.88. The van der Waals surface area contributed by atoms with Crippen molar-refractivity contribution in [3.05, 3.63) is 47.0 Å². The van der Waals surface area contributed by atoms with Gasteiger partial charge in [0, 0.05) is 42.7 Å². The molecular weight excluding hydrogens is 394 g/mol. The van der Waals surface area contributed by atoms with Crippen molar-refractivity contribution in [2.75, 3.05) is 23.7 Å². The molecule has 1 unspecified atom stereocenters. The molecule has 29 heavy (non-hydrogen) atoms. The normalized spacial score (nSPS) is 17.0. The Morgan fingerprint density at radius 1 is 1.31 bits per heavy atom. The first-order chi connectivity index (χ1) is 13.9. The number of H-pyrrole nitrogens is 1. The Bertz CT molecular complexity index is 1210. The molecule has 1 aromatic carbocycles. The van der Waals surface area contributed by atoms with Crippen LogP contribution in [0.3, 0.4) is 0 Å². The molecule has 1 aliphatic heterocycles. The van der Waals surface area contributed by atoms with Gasteiger partial charge in [0.05, 0.1) is 29.9 Å². The van der Waals surface area contributed by atoms with E-state index in [4.69, 9.17) is 9.47 Å². The first-order valence-electron chi connectivity index (χ1n) is 9.44. The summed E-state index contributed by atoms with van der Waals surface area (Å²) in [5, 5.41) is 0.555. The van der Waals surface area contributed by atoms with Gasteiger partial charge < -0.3 is 19.0 Å². The summed E-state index contributed by atoms with van der Waals surface area (Å²) in [5.74, 6) is 0.579. The Hall–Kier alpha value is -2.78. The van der Waals surface area contributed by atoms with Gasteiger partial charge in [0.1, 0.15) is 11.9 Å². The third-order valence-electron chi connectivity index (χ3n) is 4.99. The summed E-state index contributed by atoms with van der Waals surface area (Å²) in [7, 11) is -1.74. The molecule has 0 saturated carbocycles. The van der Waals surface area contributed by atoms with Crippen LogP contribution in [-0.4, -0.2) is 43.0 Å². The van der Waals surface area contributed by atoms with Gasteiger partial charge in [-0.2, -0.15) is 0 Å². The van der Waals surface area contributed by atoms with Crippen LogP contribution >= 0.6 is 0 Å². The first kappa shape index (κ1) is 19.5. The SMILES string of the molecule is CCS(=O)(=O)Nc1ccc(OC2CCOC2)c(-c2cn(C)c(=O)c3cc[nH]c23)c1. The van der Waals surface area contributed by atoms with E-state index in [1.165, 1.54) is 4.57 Å². The molecule has 1 fully saturated rings. The standard InChI is InChI=1S/C20H23N3O5S/c1-3-29(25,26)22-13-4-5-18(28-14-7-9-27-12-14)16(10-13)17-11-23(2)20(24)15-6-8-21-19(15)17/h4-6,8,10-11,14,21-22H,3,7,9,12H2,1-2H3. The van der Waals surface area contributed by atoms with Crippen LogP contribution in [0.25, 0.3) is 22.0 Å². The van der Waals surface area contributed by atoms with Crippen molar-refractivity contribution < 1.29 is 17.9 Å². The Morgan fingerprint density at radius 2 is 2.14 bits per heavy atom. The first-order valence-corrected chi connectivity index (χ1v) is 11.1. The summed E-state index contributed by atoms with van der Waals surface area (Å²) in [5.41, 5.74) is 2.44. The van der Waals surface area contributed by atoms with Gasteiger partial charge in [-0.25, -0.2) is 8.42 Å². The number of aromatic nitrogens is 2. The van der Waals surface area contributed by atoms with E-state index in [2.05, 4.69) is 9.71 Å². The molecule has 1 atom stereocenters. The number of rotatable bonds is 6. The fourth-order valence-corrected chi connectivity index (χ4v) is 4.06. The van der Waals surface area contributed by atoms with Crippen LogP contribution < -0.4 is 15.0 Å². The molecule has 2 N–H and O–H groups in total. The zero-order valence-electron chi connectivity index (χ0n) is 16.3. The van der Waals surface area contributed by atoms with Crippen molar-refractivity contribution in [3.8, 4) is 16.9 Å². The van der Waals surface area contributed by atoms with Crippen molar-refractivity contribution in [1.29, 1.82) is 0 Å². The Kier molecular flexibility index (Phi) is 5.10. The lowest BCUT2D eigenvalue weighted by molar-refractivity contribution is 0.142. The minimum absolute atomic E-state index is 0.0271. The van der Waals surface area contributed by atoms with E-state index in [9.17, 15) is 13.2 Å². The quantitative estimate of drug-likeness (QED) is 0.641. The summed E-state index contributed by atoms with van der Waals surface area (Å²) >= 11 is 0. The average molecular weight is 417 g/mol. The number of pyridine rings is 1. The zero-order valence-corrected chi connectivity index (χ0v) is 17.1. The van der Waals surface area contributed by atoms with Gasteiger partial charge in [-0.3, -0.25) is 9.52 Å². The largest absolute Gasteiger partial charge is 0.487 e. The number of fused-ring (bicyclic) bond motifs is 1. The lowest BCUT2D eigenvalue weighted by Crippen LogP contribution is -2.18. The monoisotopic (exact) mass is 417 g/mol. The number of sulfonamides is 1. The summed E-state index contributed by atoms with van der Waals surface area (Å²) in [4.78, 5) is 15.6. The number of anilines is 1. The summed E-state index contributed by atoms with van der Waals surface area (Å²) in [6.45, 7) is 2.74. The number of hydrogen-bond acceptors (Lipinski definition) is 5. The van der Waals surface area contributed by atoms with E-state index in [0.717, 1.165) is 12.0 Å². The molecule has 3 heterocycles. The van der Waals surface area contributed by atoms with Crippen molar-refractivity contribution in [3.63, 3.8) is 0 Å². The number of ether oxygens (including phenoxy) is 2. The van der Waals surface area contributed by atoms with Crippen LogP contribution in [0.15, 0.2) is 41.5 Å². The molecule has 2 aromatic heterocycles. The second-order valence-electron chi connectivity index (χ2n) is 7.05. The van der Waals surface area contributed by atoms with Crippen molar-refractivity contribution in [2.45, 2.75) is 19.4 Å². The molecule has 154 valence electrons. The van der Waals surface area contributed by atoms with Crippen molar-refractivity contribution >= 4 is 26.6 Å². The molecule has 0 bridgehead atoms. The number of benzene rings is 1. The van der Waals surface area contributed by atoms with Crippen molar-refractivity contribution in [1.82, 2.24) is 9.55 Å². The predicted octanol–water partition coefficient (Wildman–Crippen LogP) is 2.46. The summed E-state index contributed by atoms with van der Waals surface area (Å²) in [6.07, 6.45) is 4.16.